The van der Waals surface area contributed by atoms with E-state index in [1.807, 2.05) is 41.5 Å². The van der Waals surface area contributed by atoms with Crippen LogP contribution in [0.15, 0.2) is 18.3 Å². The lowest BCUT2D eigenvalue weighted by molar-refractivity contribution is 0.00578. The maximum Gasteiger partial charge on any atom is 0.514 e. The molecule has 1 aromatic heterocycles. The van der Waals surface area contributed by atoms with Crippen LogP contribution < -0.4 is 10.9 Å². The van der Waals surface area contributed by atoms with Crippen LogP contribution in [0.3, 0.4) is 0 Å². The van der Waals surface area contributed by atoms with E-state index in [1.54, 1.807) is 18.3 Å². The standard InChI is InChI=1S/C15H23BN2O3/c1-10(2)18-13(19)11-7-8-17-12(9-11)16-20-14(3,4)15(5,6)21-16/h7-10H,1-6H3,(H,18,19). The molecule has 1 aromatic rings. The third-order valence-electron chi connectivity index (χ3n) is 3.96. The van der Waals surface area contributed by atoms with Gasteiger partial charge in [0.25, 0.3) is 5.91 Å². The first-order chi connectivity index (χ1) is 9.62. The number of nitrogens with zero attached hydrogens (tertiary/aromatic N) is 1. The first-order valence-electron chi connectivity index (χ1n) is 7.25. The van der Waals surface area contributed by atoms with E-state index >= 15 is 0 Å². The molecule has 1 saturated heterocycles. The van der Waals surface area contributed by atoms with Crippen molar-refractivity contribution >= 4 is 18.6 Å². The summed E-state index contributed by atoms with van der Waals surface area (Å²) in [6.07, 6.45) is 1.61. The molecule has 0 aromatic carbocycles. The van der Waals surface area contributed by atoms with Gasteiger partial charge in [0.1, 0.15) is 0 Å². The quantitative estimate of drug-likeness (QED) is 0.857. The largest absolute Gasteiger partial charge is 0.514 e. The Labute approximate surface area is 126 Å². The van der Waals surface area contributed by atoms with Crippen molar-refractivity contribution in [2.45, 2.75) is 58.8 Å². The van der Waals surface area contributed by atoms with Crippen LogP contribution in [0, 0.1) is 0 Å². The summed E-state index contributed by atoms with van der Waals surface area (Å²) in [5.74, 6) is -0.120. The second-order valence-electron chi connectivity index (χ2n) is 6.69. The Hall–Kier alpha value is -1.40. The van der Waals surface area contributed by atoms with Crippen LogP contribution in [0.5, 0.6) is 0 Å². The molecular formula is C15H23BN2O3. The van der Waals surface area contributed by atoms with Crippen molar-refractivity contribution in [2.24, 2.45) is 0 Å². The molecule has 1 aliphatic heterocycles. The first-order valence-corrected chi connectivity index (χ1v) is 7.25. The van der Waals surface area contributed by atoms with Crippen LogP contribution in [0.1, 0.15) is 51.9 Å². The number of amides is 1. The highest BCUT2D eigenvalue weighted by Gasteiger charge is 2.52. The zero-order valence-electron chi connectivity index (χ0n) is 13.6. The Morgan fingerprint density at radius 1 is 1.24 bits per heavy atom. The van der Waals surface area contributed by atoms with Gasteiger partial charge in [0, 0.05) is 17.8 Å². The number of carbonyl (C=O) groups excluding carboxylic acids is 1. The van der Waals surface area contributed by atoms with Gasteiger partial charge in [-0.1, -0.05) is 0 Å². The Balaban J connectivity index is 2.21. The lowest BCUT2D eigenvalue weighted by atomic mass is 9.83. The summed E-state index contributed by atoms with van der Waals surface area (Å²) in [6.45, 7) is 11.8. The van der Waals surface area contributed by atoms with Crippen molar-refractivity contribution in [3.8, 4) is 0 Å². The number of carbonyl (C=O) groups is 1. The van der Waals surface area contributed by atoms with Gasteiger partial charge in [-0.2, -0.15) is 0 Å². The average molecular weight is 290 g/mol. The number of hydrogen-bond acceptors (Lipinski definition) is 4. The molecule has 0 atom stereocenters. The van der Waals surface area contributed by atoms with E-state index in [4.69, 9.17) is 9.31 Å². The summed E-state index contributed by atoms with van der Waals surface area (Å²) in [5, 5.41) is 2.86. The van der Waals surface area contributed by atoms with Gasteiger partial charge in [-0.3, -0.25) is 9.78 Å². The monoisotopic (exact) mass is 290 g/mol. The van der Waals surface area contributed by atoms with Crippen molar-refractivity contribution in [3.05, 3.63) is 23.9 Å². The molecule has 1 amide bonds. The lowest BCUT2D eigenvalue weighted by Crippen LogP contribution is -2.41. The Bertz CT molecular complexity index is 527. The van der Waals surface area contributed by atoms with E-state index in [0.717, 1.165) is 0 Å². The molecule has 0 radical (unpaired) electrons. The fourth-order valence-electron chi connectivity index (χ4n) is 2.03. The highest BCUT2D eigenvalue weighted by atomic mass is 16.7. The molecule has 2 heterocycles. The average Bonchev–Trinajstić information content (AvgIpc) is 2.58. The number of hydrogen-bond donors (Lipinski definition) is 1. The molecule has 5 nitrogen and oxygen atoms in total. The van der Waals surface area contributed by atoms with Crippen molar-refractivity contribution in [1.29, 1.82) is 0 Å². The van der Waals surface area contributed by atoms with Gasteiger partial charge in [-0.05, 0) is 53.7 Å². The number of nitrogens with one attached hydrogen (secondary N) is 1. The van der Waals surface area contributed by atoms with Crippen LogP contribution in [-0.2, 0) is 9.31 Å². The predicted octanol–water partition coefficient (Wildman–Crippen LogP) is 1.52. The number of pyridine rings is 1. The van der Waals surface area contributed by atoms with Crippen LogP contribution in [-0.4, -0.2) is 35.3 Å². The maximum atomic E-state index is 12.1. The van der Waals surface area contributed by atoms with Crippen LogP contribution >= 0.6 is 0 Å². The summed E-state index contributed by atoms with van der Waals surface area (Å²) in [5.41, 5.74) is 0.332. The molecule has 0 spiro atoms. The van der Waals surface area contributed by atoms with Crippen molar-refractivity contribution in [1.82, 2.24) is 10.3 Å². The molecule has 1 fully saturated rings. The van der Waals surface area contributed by atoms with Crippen LogP contribution in [0.25, 0.3) is 0 Å². The molecule has 1 N–H and O–H groups in total. The van der Waals surface area contributed by atoms with Crippen LogP contribution in [0.2, 0.25) is 0 Å². The zero-order chi connectivity index (χ0) is 15.8. The highest BCUT2D eigenvalue weighted by molar-refractivity contribution is 6.61. The first kappa shape index (κ1) is 16.0. The van der Waals surface area contributed by atoms with E-state index in [2.05, 4.69) is 10.3 Å². The third-order valence-corrected chi connectivity index (χ3v) is 3.96. The van der Waals surface area contributed by atoms with Gasteiger partial charge in [-0.15, -0.1) is 0 Å². The van der Waals surface area contributed by atoms with Gasteiger partial charge >= 0.3 is 7.12 Å². The minimum Gasteiger partial charge on any atom is -0.398 e. The minimum atomic E-state index is -0.554. The minimum absolute atomic E-state index is 0.0889. The highest BCUT2D eigenvalue weighted by Crippen LogP contribution is 2.36. The molecular weight excluding hydrogens is 267 g/mol. The molecule has 21 heavy (non-hydrogen) atoms. The van der Waals surface area contributed by atoms with E-state index < -0.39 is 18.3 Å². The topological polar surface area (TPSA) is 60.5 Å². The van der Waals surface area contributed by atoms with E-state index in [-0.39, 0.29) is 11.9 Å². The SMILES string of the molecule is CC(C)NC(=O)c1ccnc(B2OC(C)(C)C(C)(C)O2)c1. The molecule has 1 aliphatic rings. The van der Waals surface area contributed by atoms with Crippen molar-refractivity contribution in [3.63, 3.8) is 0 Å². The second-order valence-corrected chi connectivity index (χ2v) is 6.69. The Kier molecular flexibility index (Phi) is 4.13. The molecule has 0 bridgehead atoms. The molecule has 114 valence electrons. The van der Waals surface area contributed by atoms with E-state index in [0.29, 0.717) is 11.2 Å². The van der Waals surface area contributed by atoms with Crippen molar-refractivity contribution < 1.29 is 14.1 Å². The van der Waals surface area contributed by atoms with Gasteiger partial charge in [-0.25, -0.2) is 0 Å². The Morgan fingerprint density at radius 3 is 2.33 bits per heavy atom. The summed E-state index contributed by atoms with van der Waals surface area (Å²) in [4.78, 5) is 16.3. The molecule has 2 rings (SSSR count). The van der Waals surface area contributed by atoms with E-state index in [9.17, 15) is 4.79 Å². The molecule has 0 unspecified atom stereocenters. The number of aromatic nitrogens is 1. The maximum absolute atomic E-state index is 12.1. The fourth-order valence-corrected chi connectivity index (χ4v) is 2.03. The fraction of sp³-hybridized carbons (Fsp3) is 0.600. The van der Waals surface area contributed by atoms with Gasteiger partial charge < -0.3 is 14.6 Å². The normalized spacial score (nSPS) is 19.9. The van der Waals surface area contributed by atoms with Crippen LogP contribution in [0.4, 0.5) is 0 Å². The third kappa shape index (κ3) is 3.27. The second kappa shape index (κ2) is 5.42. The smallest absolute Gasteiger partial charge is 0.398 e. The van der Waals surface area contributed by atoms with E-state index in [1.165, 1.54) is 0 Å². The molecule has 6 heteroatoms. The summed E-state index contributed by atoms with van der Waals surface area (Å²) >= 11 is 0. The predicted molar refractivity (Wildman–Crippen MR) is 82.6 cm³/mol. The van der Waals surface area contributed by atoms with Gasteiger partial charge in [0.15, 0.2) is 0 Å². The summed E-state index contributed by atoms with van der Waals surface area (Å²) < 4.78 is 11.9. The zero-order valence-corrected chi connectivity index (χ0v) is 13.6. The molecule has 0 aliphatic carbocycles. The molecule has 0 saturated carbocycles. The van der Waals surface area contributed by atoms with Crippen molar-refractivity contribution in [2.75, 3.05) is 0 Å². The summed E-state index contributed by atoms with van der Waals surface area (Å²) in [6, 6.07) is 3.50. The van der Waals surface area contributed by atoms with Gasteiger partial charge in [0.2, 0.25) is 0 Å². The number of rotatable bonds is 3. The lowest BCUT2D eigenvalue weighted by Gasteiger charge is -2.32. The van der Waals surface area contributed by atoms with Gasteiger partial charge in [0.05, 0.1) is 16.8 Å². The summed E-state index contributed by atoms with van der Waals surface area (Å²) in [7, 11) is -0.554. The Morgan fingerprint density at radius 2 is 1.81 bits per heavy atom.